The van der Waals surface area contributed by atoms with Gasteiger partial charge in [0.2, 0.25) is 0 Å². The Bertz CT molecular complexity index is 647. The van der Waals surface area contributed by atoms with Crippen molar-refractivity contribution >= 4 is 7.12 Å². The van der Waals surface area contributed by atoms with E-state index in [0.717, 1.165) is 49.7 Å². The molecule has 0 aromatic heterocycles. The maximum absolute atomic E-state index is 11.9. The lowest BCUT2D eigenvalue weighted by Crippen LogP contribution is -2.41. The summed E-state index contributed by atoms with van der Waals surface area (Å²) in [5, 5.41) is 11.9. The van der Waals surface area contributed by atoms with Crippen molar-refractivity contribution in [3.8, 4) is 0 Å². The van der Waals surface area contributed by atoms with Crippen molar-refractivity contribution in [3.63, 3.8) is 0 Å². The summed E-state index contributed by atoms with van der Waals surface area (Å²) in [7, 11) is -0.416. The van der Waals surface area contributed by atoms with Crippen LogP contribution in [0.4, 0.5) is 0 Å². The molecule has 2 fully saturated rings. The predicted molar refractivity (Wildman–Crippen MR) is 111 cm³/mol. The Morgan fingerprint density at radius 3 is 2.22 bits per heavy atom. The van der Waals surface area contributed by atoms with Gasteiger partial charge in [0.25, 0.3) is 0 Å². The van der Waals surface area contributed by atoms with Crippen LogP contribution in [0.5, 0.6) is 0 Å². The van der Waals surface area contributed by atoms with Crippen molar-refractivity contribution in [2.75, 3.05) is 0 Å². The molecule has 1 aliphatic heterocycles. The summed E-state index contributed by atoms with van der Waals surface area (Å²) in [6.07, 6.45) is 6.41. The van der Waals surface area contributed by atoms with Gasteiger partial charge in [-0.2, -0.15) is 0 Å². The number of rotatable bonds is 8. The van der Waals surface area contributed by atoms with Gasteiger partial charge in [-0.05, 0) is 70.4 Å². The van der Waals surface area contributed by atoms with Crippen LogP contribution < -0.4 is 0 Å². The molecule has 3 rings (SSSR count). The molecule has 2 aliphatic rings. The van der Waals surface area contributed by atoms with Crippen LogP contribution in [0, 0.1) is 5.92 Å². The quantitative estimate of drug-likeness (QED) is 0.490. The molecular formula is C23H35BO3. The molecule has 1 unspecified atom stereocenters. The second-order valence-electron chi connectivity index (χ2n) is 9.18. The molecule has 3 nitrogen and oxygen atoms in total. The number of unbranched alkanes of at least 4 members (excludes halogenated alkanes) is 2. The average molecular weight is 370 g/mol. The highest BCUT2D eigenvalue weighted by Crippen LogP contribution is 2.51. The topological polar surface area (TPSA) is 38.7 Å². The normalized spacial score (nSPS) is 24.1. The summed E-state index contributed by atoms with van der Waals surface area (Å²) in [6.45, 7) is 10.5. The van der Waals surface area contributed by atoms with Crippen LogP contribution in [0.15, 0.2) is 41.9 Å². The Balaban J connectivity index is 1.95. The molecule has 1 saturated carbocycles. The largest absolute Gasteiger partial charge is 0.487 e. The maximum Gasteiger partial charge on any atom is 0.487 e. The van der Waals surface area contributed by atoms with Crippen LogP contribution in [0.1, 0.15) is 78.7 Å². The molecule has 1 aromatic carbocycles. The van der Waals surface area contributed by atoms with E-state index >= 15 is 0 Å². The SMILES string of the molecule is CCCCCC(=CB1OC(C)(C)C(C)(C)O1)C(O)(c1ccccc1)C1CC1. The summed E-state index contributed by atoms with van der Waals surface area (Å²) in [5.74, 6) is 2.35. The van der Waals surface area contributed by atoms with Gasteiger partial charge in [0.1, 0.15) is 5.60 Å². The van der Waals surface area contributed by atoms with E-state index in [1.165, 1.54) is 0 Å². The van der Waals surface area contributed by atoms with E-state index in [2.05, 4.69) is 52.7 Å². The molecule has 27 heavy (non-hydrogen) atoms. The first-order chi connectivity index (χ1) is 12.7. The first kappa shape index (κ1) is 20.6. The average Bonchev–Trinajstić information content (AvgIpc) is 3.42. The van der Waals surface area contributed by atoms with E-state index in [1.54, 1.807) is 0 Å². The van der Waals surface area contributed by atoms with Gasteiger partial charge in [0.15, 0.2) is 0 Å². The van der Waals surface area contributed by atoms with Crippen molar-refractivity contribution in [1.82, 2.24) is 0 Å². The standard InChI is InChI=1S/C23H35BO3/c1-6-7-9-14-20(17-24-26-21(2,3)22(4,5)27-24)23(25,19-15-16-19)18-12-10-8-11-13-18/h8,10-13,17,19,25H,6-7,9,14-16H2,1-5H3. The zero-order valence-corrected chi connectivity index (χ0v) is 17.6. The molecule has 148 valence electrons. The van der Waals surface area contributed by atoms with Gasteiger partial charge in [-0.3, -0.25) is 0 Å². The molecule has 0 amide bonds. The first-order valence-electron chi connectivity index (χ1n) is 10.6. The molecule has 1 heterocycles. The highest BCUT2D eigenvalue weighted by atomic mass is 16.7. The van der Waals surface area contributed by atoms with Crippen molar-refractivity contribution in [1.29, 1.82) is 0 Å². The van der Waals surface area contributed by atoms with Gasteiger partial charge in [-0.1, -0.05) is 56.1 Å². The second-order valence-corrected chi connectivity index (χ2v) is 9.18. The summed E-state index contributed by atoms with van der Waals surface area (Å²) >= 11 is 0. The Hall–Kier alpha value is -1.10. The van der Waals surface area contributed by atoms with Gasteiger partial charge in [-0.25, -0.2) is 0 Å². The summed E-state index contributed by atoms with van der Waals surface area (Å²) < 4.78 is 12.4. The highest BCUT2D eigenvalue weighted by molar-refractivity contribution is 6.51. The molecule has 1 aromatic rings. The van der Waals surface area contributed by atoms with Crippen molar-refractivity contribution in [2.24, 2.45) is 5.92 Å². The predicted octanol–water partition coefficient (Wildman–Crippen LogP) is 5.42. The highest BCUT2D eigenvalue weighted by Gasteiger charge is 2.52. The molecule has 1 saturated heterocycles. The Morgan fingerprint density at radius 1 is 1.11 bits per heavy atom. The van der Waals surface area contributed by atoms with Gasteiger partial charge in [-0.15, -0.1) is 0 Å². The van der Waals surface area contributed by atoms with Crippen molar-refractivity contribution < 1.29 is 14.4 Å². The van der Waals surface area contributed by atoms with Crippen LogP contribution in [0.25, 0.3) is 0 Å². The zero-order chi connectivity index (χ0) is 19.7. The smallest absolute Gasteiger partial charge is 0.400 e. The first-order valence-corrected chi connectivity index (χ1v) is 10.6. The molecular weight excluding hydrogens is 335 g/mol. The molecule has 1 aliphatic carbocycles. The van der Waals surface area contributed by atoms with Crippen LogP contribution in [-0.4, -0.2) is 23.4 Å². The molecule has 1 atom stereocenters. The third kappa shape index (κ3) is 4.18. The molecule has 1 N–H and O–H groups in total. The Labute approximate surface area is 165 Å². The summed E-state index contributed by atoms with van der Waals surface area (Å²) in [6, 6.07) is 10.1. The minimum atomic E-state index is -0.918. The van der Waals surface area contributed by atoms with Gasteiger partial charge < -0.3 is 14.4 Å². The van der Waals surface area contributed by atoms with E-state index in [9.17, 15) is 5.11 Å². The third-order valence-corrected chi connectivity index (χ3v) is 6.53. The Kier molecular flexibility index (Phi) is 5.91. The van der Waals surface area contributed by atoms with Gasteiger partial charge in [0, 0.05) is 0 Å². The third-order valence-electron chi connectivity index (χ3n) is 6.53. The van der Waals surface area contributed by atoms with E-state index in [-0.39, 0.29) is 17.1 Å². The fraction of sp³-hybridized carbons (Fsp3) is 0.652. The number of benzene rings is 1. The van der Waals surface area contributed by atoms with Crippen molar-refractivity contribution in [2.45, 2.75) is 89.9 Å². The lowest BCUT2D eigenvalue weighted by atomic mass is 9.74. The van der Waals surface area contributed by atoms with Crippen molar-refractivity contribution in [3.05, 3.63) is 47.4 Å². The lowest BCUT2D eigenvalue weighted by molar-refractivity contribution is 0.00578. The fourth-order valence-corrected chi connectivity index (χ4v) is 3.96. The zero-order valence-electron chi connectivity index (χ0n) is 17.6. The van der Waals surface area contributed by atoms with Crippen LogP contribution in [-0.2, 0) is 14.9 Å². The minimum absolute atomic E-state index is 0.287. The molecule has 4 heteroatoms. The minimum Gasteiger partial charge on any atom is -0.400 e. The summed E-state index contributed by atoms with van der Waals surface area (Å²) in [4.78, 5) is 0. The van der Waals surface area contributed by atoms with E-state index in [4.69, 9.17) is 9.31 Å². The lowest BCUT2D eigenvalue weighted by Gasteiger charge is -2.33. The van der Waals surface area contributed by atoms with Gasteiger partial charge in [0.05, 0.1) is 11.2 Å². The molecule has 0 spiro atoms. The maximum atomic E-state index is 11.9. The van der Waals surface area contributed by atoms with Crippen LogP contribution in [0.3, 0.4) is 0 Å². The summed E-state index contributed by atoms with van der Waals surface area (Å²) in [5.41, 5.74) is 0.397. The van der Waals surface area contributed by atoms with Crippen LogP contribution in [0.2, 0.25) is 0 Å². The Morgan fingerprint density at radius 2 is 1.70 bits per heavy atom. The monoisotopic (exact) mass is 370 g/mol. The van der Waals surface area contributed by atoms with E-state index in [1.807, 2.05) is 18.2 Å². The van der Waals surface area contributed by atoms with Crippen LogP contribution >= 0.6 is 0 Å². The fourth-order valence-electron chi connectivity index (χ4n) is 3.96. The van der Waals surface area contributed by atoms with E-state index < -0.39 is 12.7 Å². The second kappa shape index (κ2) is 7.73. The van der Waals surface area contributed by atoms with E-state index in [0.29, 0.717) is 0 Å². The number of hydrogen-bond acceptors (Lipinski definition) is 3. The molecule has 0 bridgehead atoms. The molecule has 0 radical (unpaired) electrons. The number of aliphatic hydroxyl groups is 1. The number of hydrogen-bond donors (Lipinski definition) is 1. The van der Waals surface area contributed by atoms with Gasteiger partial charge >= 0.3 is 7.12 Å².